The second-order valence-electron chi connectivity index (χ2n) is 16.0. The number of amides is 3. The van der Waals surface area contributed by atoms with Gasteiger partial charge in [-0.05, 0) is 104 Å². The lowest BCUT2D eigenvalue weighted by atomic mass is 9.92. The number of fused-ring (bicyclic) bond motifs is 2. The van der Waals surface area contributed by atoms with Crippen LogP contribution in [0.2, 0.25) is 0 Å². The van der Waals surface area contributed by atoms with E-state index in [0.717, 1.165) is 68.1 Å². The van der Waals surface area contributed by atoms with Crippen molar-refractivity contribution < 1.29 is 22.8 Å². The molecule has 3 aliphatic rings. The number of carbonyl (C=O) groups is 3. The van der Waals surface area contributed by atoms with Gasteiger partial charge in [0.25, 0.3) is 27.7 Å². The number of hydrogen-bond donors (Lipinski definition) is 4. The third-order valence-corrected chi connectivity index (χ3v) is 13.6. The molecule has 4 aromatic rings. The fourth-order valence-electron chi connectivity index (χ4n) is 8.30. The van der Waals surface area contributed by atoms with E-state index < -0.39 is 27.9 Å². The minimum absolute atomic E-state index is 0.00283. The van der Waals surface area contributed by atoms with Gasteiger partial charge in [0.15, 0.2) is 0 Å². The van der Waals surface area contributed by atoms with E-state index in [9.17, 15) is 18.0 Å². The van der Waals surface area contributed by atoms with Crippen LogP contribution in [0.3, 0.4) is 0 Å². The van der Waals surface area contributed by atoms with Crippen molar-refractivity contribution in [2.75, 3.05) is 37.7 Å². The Bertz CT molecular complexity index is 2360. The van der Waals surface area contributed by atoms with Gasteiger partial charge >= 0.3 is 0 Å². The van der Waals surface area contributed by atoms with Gasteiger partial charge in [-0.1, -0.05) is 92.9 Å². The highest BCUT2D eigenvalue weighted by Crippen LogP contribution is 2.34. The Morgan fingerprint density at radius 2 is 1.53 bits per heavy atom. The molecule has 4 aromatic carbocycles. The number of benzene rings is 4. The third-order valence-electron chi connectivity index (χ3n) is 11.8. The first-order valence-electron chi connectivity index (χ1n) is 21.3. The predicted octanol–water partition coefficient (Wildman–Crippen LogP) is 6.46. The number of hydrazine groups is 1. The van der Waals surface area contributed by atoms with Crippen molar-refractivity contribution in [2.45, 2.75) is 95.3 Å². The van der Waals surface area contributed by atoms with Crippen LogP contribution in [0.25, 0.3) is 10.8 Å². The zero-order valence-electron chi connectivity index (χ0n) is 34.7. The minimum atomic E-state index is -4.36. The van der Waals surface area contributed by atoms with Gasteiger partial charge in [-0.2, -0.15) is 0 Å². The number of piperidine rings is 1. The van der Waals surface area contributed by atoms with Crippen LogP contribution in [0, 0.1) is 0 Å². The molecular weight excluding hydrogens is 798 g/mol. The van der Waals surface area contributed by atoms with Crippen molar-refractivity contribution in [2.24, 2.45) is 0 Å². The largest absolute Gasteiger partial charge is 0.337 e. The van der Waals surface area contributed by atoms with E-state index in [2.05, 4.69) is 40.7 Å². The van der Waals surface area contributed by atoms with E-state index in [1.165, 1.54) is 18.2 Å². The maximum Gasteiger partial charge on any atom is 0.273 e. The zero-order chi connectivity index (χ0) is 42.4. The third kappa shape index (κ3) is 9.55. The molecule has 3 heterocycles. The summed E-state index contributed by atoms with van der Waals surface area (Å²) in [7, 11) is -4.36. The molecule has 3 aliphatic heterocycles. The lowest BCUT2D eigenvalue weighted by molar-refractivity contribution is -0.127. The number of nitrogens with one attached hydrogen (secondary N) is 4. The molecule has 0 spiro atoms. The van der Waals surface area contributed by atoms with Gasteiger partial charge in [-0.25, -0.2) is 18.6 Å². The lowest BCUT2D eigenvalue weighted by Crippen LogP contribution is -2.52. The van der Waals surface area contributed by atoms with Crippen molar-refractivity contribution >= 4 is 55.8 Å². The zero-order valence-corrected chi connectivity index (χ0v) is 36.2. The molecule has 1 fully saturated rings. The first kappa shape index (κ1) is 43.3. The lowest BCUT2D eigenvalue weighted by Gasteiger charge is -2.39. The van der Waals surface area contributed by atoms with E-state index >= 15 is 4.79 Å². The molecule has 0 aliphatic carbocycles. The Balaban J connectivity index is 1.28. The molecule has 2 unspecified atom stereocenters. The van der Waals surface area contributed by atoms with Gasteiger partial charge in [0.2, 0.25) is 0 Å². The number of sulfonamides is 1. The van der Waals surface area contributed by atoms with Crippen LogP contribution in [-0.2, 0) is 27.8 Å². The molecule has 7 rings (SSSR count). The highest BCUT2D eigenvalue weighted by Gasteiger charge is 2.38. The fraction of sp³-hybridized carbons (Fsp3) is 0.413. The van der Waals surface area contributed by atoms with Gasteiger partial charge in [0.1, 0.15) is 5.70 Å². The summed E-state index contributed by atoms with van der Waals surface area (Å²) in [6.07, 6.45) is 6.06. The second kappa shape index (κ2) is 19.3. The fourth-order valence-corrected chi connectivity index (χ4v) is 9.51. The molecule has 0 bridgehead atoms. The number of nitrogens with zero attached hydrogens (tertiary/aromatic N) is 3. The second-order valence-corrected chi connectivity index (χ2v) is 18.1. The predicted molar refractivity (Wildman–Crippen MR) is 237 cm³/mol. The number of carbonyl (C=O) groups excluding carboxylic acids is 3. The number of hydrogen-bond acceptors (Lipinski definition) is 9. The summed E-state index contributed by atoms with van der Waals surface area (Å²) >= 11 is 6.93. The highest BCUT2D eigenvalue weighted by atomic mass is 35.5. The van der Waals surface area contributed by atoms with E-state index in [-0.39, 0.29) is 33.7 Å². The van der Waals surface area contributed by atoms with Crippen molar-refractivity contribution in [1.29, 1.82) is 0 Å². The maximum absolute atomic E-state index is 15.2. The topological polar surface area (TPSA) is 143 Å². The number of halogens is 1. The molecular formula is C46H56ClN7O5S. The summed E-state index contributed by atoms with van der Waals surface area (Å²) in [5.74, 6) is -1.61. The van der Waals surface area contributed by atoms with E-state index in [4.69, 9.17) is 11.6 Å². The van der Waals surface area contributed by atoms with Crippen molar-refractivity contribution in [3.05, 3.63) is 118 Å². The minimum Gasteiger partial charge on any atom is -0.337 e. The number of unbranched alkanes of at least 4 members (excludes halogenated alkanes) is 2. The molecule has 318 valence electrons. The number of anilines is 1. The van der Waals surface area contributed by atoms with Crippen molar-refractivity contribution in [3.8, 4) is 0 Å². The SMILES string of the molecule is CCCCN(CCCC)C(=O)C1=C(Cl)C(C)NN1c1ccc(C(=O)NS(=O)(=O)c2ccc3ccccc3c2)c(C(=O)N2Cc3ccccc3CC2CNC2CCNCC2)c1. The Kier molecular flexibility index (Phi) is 13.9. The summed E-state index contributed by atoms with van der Waals surface area (Å²) in [4.78, 5) is 47.5. The Hall–Kier alpha value is -4.79. The molecule has 0 saturated carbocycles. The van der Waals surface area contributed by atoms with Gasteiger partial charge in [0, 0.05) is 38.3 Å². The van der Waals surface area contributed by atoms with Gasteiger partial charge in [0.05, 0.1) is 32.8 Å². The van der Waals surface area contributed by atoms with Crippen molar-refractivity contribution in [3.63, 3.8) is 0 Å². The van der Waals surface area contributed by atoms with E-state index in [0.29, 0.717) is 54.7 Å². The Morgan fingerprint density at radius 3 is 2.25 bits per heavy atom. The van der Waals surface area contributed by atoms with Crippen LogP contribution in [0.1, 0.15) is 91.1 Å². The quantitative estimate of drug-likeness (QED) is 0.106. The van der Waals surface area contributed by atoms with Crippen LogP contribution >= 0.6 is 11.6 Å². The van der Waals surface area contributed by atoms with Crippen molar-refractivity contribution in [1.82, 2.24) is 30.6 Å². The normalized spacial score (nSPS) is 18.5. The van der Waals surface area contributed by atoms with Crippen LogP contribution in [0.4, 0.5) is 5.69 Å². The molecule has 4 N–H and O–H groups in total. The molecule has 14 heteroatoms. The summed E-state index contributed by atoms with van der Waals surface area (Å²) in [5, 5.41) is 10.6. The first-order chi connectivity index (χ1) is 29.0. The molecule has 3 amide bonds. The molecule has 0 aromatic heterocycles. The summed E-state index contributed by atoms with van der Waals surface area (Å²) < 4.78 is 29.9. The Labute approximate surface area is 358 Å². The van der Waals surface area contributed by atoms with Crippen LogP contribution in [0.5, 0.6) is 0 Å². The molecule has 0 radical (unpaired) electrons. The smallest absolute Gasteiger partial charge is 0.273 e. The highest BCUT2D eigenvalue weighted by molar-refractivity contribution is 7.90. The average molecular weight is 855 g/mol. The summed E-state index contributed by atoms with van der Waals surface area (Å²) in [5.41, 5.74) is 6.02. The molecule has 12 nitrogen and oxygen atoms in total. The average Bonchev–Trinajstić information content (AvgIpc) is 3.57. The van der Waals surface area contributed by atoms with Crippen LogP contribution in [0.15, 0.2) is 101 Å². The van der Waals surface area contributed by atoms with Gasteiger partial charge in [-0.15, -0.1) is 0 Å². The van der Waals surface area contributed by atoms with Crippen LogP contribution < -0.4 is 25.8 Å². The molecule has 60 heavy (non-hydrogen) atoms. The summed E-state index contributed by atoms with van der Waals surface area (Å²) in [6.45, 7) is 9.84. The Morgan fingerprint density at radius 1 is 0.850 bits per heavy atom. The first-order valence-corrected chi connectivity index (χ1v) is 23.1. The standard InChI is InChI=1S/C46H56ClN7O5S/c1-4-6-24-52(25-7-5-2)46(57)43-42(47)31(3)50-54(43)37-17-19-40(44(55)51-60(58,59)39-18-16-32-12-8-9-14-34(32)27-39)41(28-37)45(56)53-30-35-15-11-10-13-33(35)26-38(53)29-49-36-20-22-48-23-21-36/h8-19,27-28,31,36,38,48-50H,4-7,20-26,29-30H2,1-3H3,(H,51,55). The number of rotatable bonds is 15. The van der Waals surface area contributed by atoms with Crippen LogP contribution in [-0.4, -0.2) is 86.8 Å². The van der Waals surface area contributed by atoms with E-state index in [1.54, 1.807) is 34.2 Å². The van der Waals surface area contributed by atoms with Gasteiger partial charge < -0.3 is 20.4 Å². The molecule has 2 atom stereocenters. The maximum atomic E-state index is 15.2. The van der Waals surface area contributed by atoms with Gasteiger partial charge in [-0.3, -0.25) is 19.4 Å². The molecule has 1 saturated heterocycles. The van der Waals surface area contributed by atoms with E-state index in [1.807, 2.05) is 48.2 Å². The monoisotopic (exact) mass is 853 g/mol. The summed E-state index contributed by atoms with van der Waals surface area (Å²) in [6, 6.07) is 24.4.